The number of non-ortho nitro benzene ring substituents is 1. The average molecular weight is 440 g/mol. The standard InChI is InChI=1S/C17H17IN2O4/c1-3-16(14-9-17(21)11(2)8-15(14)18)19-24-10-12-4-6-13(7-5-12)20(22)23/h4-9,21H,3,10H2,1-2H3. The maximum atomic E-state index is 10.6. The lowest BCUT2D eigenvalue weighted by atomic mass is 10.1. The van der Waals surface area contributed by atoms with Crippen molar-refractivity contribution in [2.45, 2.75) is 26.9 Å². The van der Waals surface area contributed by atoms with E-state index in [2.05, 4.69) is 27.7 Å². The number of nitrogens with zero attached hydrogens (tertiary/aromatic N) is 2. The van der Waals surface area contributed by atoms with Gasteiger partial charge in [-0.15, -0.1) is 0 Å². The van der Waals surface area contributed by atoms with Crippen LogP contribution in [0.15, 0.2) is 41.6 Å². The van der Waals surface area contributed by atoms with Gasteiger partial charge in [0, 0.05) is 21.3 Å². The van der Waals surface area contributed by atoms with Crippen LogP contribution in [0.4, 0.5) is 5.69 Å². The minimum atomic E-state index is -0.441. The first-order valence-electron chi connectivity index (χ1n) is 7.34. The number of hydrogen-bond donors (Lipinski definition) is 1. The van der Waals surface area contributed by atoms with Crippen LogP contribution < -0.4 is 0 Å². The van der Waals surface area contributed by atoms with Crippen LogP contribution >= 0.6 is 22.6 Å². The van der Waals surface area contributed by atoms with Gasteiger partial charge in [0.25, 0.3) is 5.69 Å². The number of oxime groups is 1. The Hall–Kier alpha value is -2.16. The lowest BCUT2D eigenvalue weighted by Gasteiger charge is -2.09. The van der Waals surface area contributed by atoms with Crippen LogP contribution in [0, 0.1) is 20.6 Å². The fraction of sp³-hybridized carbons (Fsp3) is 0.235. The summed E-state index contributed by atoms with van der Waals surface area (Å²) >= 11 is 2.20. The molecule has 0 atom stereocenters. The third-order valence-electron chi connectivity index (χ3n) is 3.48. The number of benzene rings is 2. The van der Waals surface area contributed by atoms with E-state index in [0.717, 1.165) is 26.0 Å². The van der Waals surface area contributed by atoms with Gasteiger partial charge in [-0.3, -0.25) is 10.1 Å². The van der Waals surface area contributed by atoms with Crippen molar-refractivity contribution in [1.82, 2.24) is 0 Å². The molecule has 0 radical (unpaired) electrons. The van der Waals surface area contributed by atoms with Crippen LogP contribution in [-0.2, 0) is 11.4 Å². The molecule has 0 amide bonds. The van der Waals surface area contributed by atoms with Crippen molar-refractivity contribution in [3.05, 3.63) is 66.8 Å². The summed E-state index contributed by atoms with van der Waals surface area (Å²) in [7, 11) is 0. The number of phenolic OH excluding ortho intramolecular Hbond substituents is 1. The first-order chi connectivity index (χ1) is 11.4. The maximum absolute atomic E-state index is 10.6. The molecule has 24 heavy (non-hydrogen) atoms. The SMILES string of the molecule is CCC(=NOCc1ccc([N+](=O)[O-])cc1)c1cc(O)c(C)cc1I. The van der Waals surface area contributed by atoms with Crippen molar-refractivity contribution < 1.29 is 14.9 Å². The largest absolute Gasteiger partial charge is 0.508 e. The Morgan fingerprint density at radius 3 is 2.58 bits per heavy atom. The normalized spacial score (nSPS) is 11.4. The molecule has 2 aromatic rings. The highest BCUT2D eigenvalue weighted by Gasteiger charge is 2.11. The van der Waals surface area contributed by atoms with Gasteiger partial charge in [-0.25, -0.2) is 0 Å². The number of nitro benzene ring substituents is 1. The lowest BCUT2D eigenvalue weighted by Crippen LogP contribution is -2.04. The quantitative estimate of drug-likeness (QED) is 0.309. The molecule has 0 saturated carbocycles. The Kier molecular flexibility index (Phi) is 6.13. The molecule has 2 aromatic carbocycles. The summed E-state index contributed by atoms with van der Waals surface area (Å²) in [5.74, 6) is 0.224. The second kappa shape index (κ2) is 8.09. The Morgan fingerprint density at radius 1 is 1.33 bits per heavy atom. The zero-order valence-corrected chi connectivity index (χ0v) is 15.5. The molecule has 0 fully saturated rings. The van der Waals surface area contributed by atoms with Crippen LogP contribution in [0.3, 0.4) is 0 Å². The summed E-state index contributed by atoms with van der Waals surface area (Å²) in [5.41, 5.74) is 3.22. The van der Waals surface area contributed by atoms with Crippen molar-refractivity contribution in [1.29, 1.82) is 0 Å². The number of hydrogen-bond acceptors (Lipinski definition) is 5. The highest BCUT2D eigenvalue weighted by Crippen LogP contribution is 2.24. The van der Waals surface area contributed by atoms with Gasteiger partial charge in [0.15, 0.2) is 0 Å². The van der Waals surface area contributed by atoms with E-state index in [9.17, 15) is 15.2 Å². The second-order valence-corrected chi connectivity index (χ2v) is 6.37. The summed E-state index contributed by atoms with van der Waals surface area (Å²) in [4.78, 5) is 15.6. The van der Waals surface area contributed by atoms with Gasteiger partial charge in [-0.2, -0.15) is 0 Å². The van der Waals surface area contributed by atoms with Crippen molar-refractivity contribution >= 4 is 34.0 Å². The molecule has 126 valence electrons. The minimum Gasteiger partial charge on any atom is -0.508 e. The molecule has 0 unspecified atom stereocenters. The Bertz CT molecular complexity index is 773. The minimum absolute atomic E-state index is 0.0428. The second-order valence-electron chi connectivity index (χ2n) is 5.21. The molecule has 1 N–H and O–H groups in total. The van der Waals surface area contributed by atoms with E-state index < -0.39 is 4.92 Å². The number of nitro groups is 1. The zero-order valence-electron chi connectivity index (χ0n) is 13.3. The fourth-order valence-electron chi connectivity index (χ4n) is 2.09. The van der Waals surface area contributed by atoms with E-state index in [1.165, 1.54) is 12.1 Å². The number of halogens is 1. The highest BCUT2D eigenvalue weighted by molar-refractivity contribution is 14.1. The van der Waals surface area contributed by atoms with Gasteiger partial charge in [0.1, 0.15) is 12.4 Å². The third-order valence-corrected chi connectivity index (χ3v) is 4.38. The van der Waals surface area contributed by atoms with Gasteiger partial charge in [-0.05, 0) is 71.3 Å². The number of aromatic hydroxyl groups is 1. The molecule has 0 spiro atoms. The summed E-state index contributed by atoms with van der Waals surface area (Å²) in [5, 5.41) is 24.7. The monoisotopic (exact) mass is 440 g/mol. The molecule has 0 aliphatic rings. The Morgan fingerprint density at radius 2 is 2.00 bits per heavy atom. The summed E-state index contributed by atoms with van der Waals surface area (Å²) in [6.07, 6.45) is 0.652. The lowest BCUT2D eigenvalue weighted by molar-refractivity contribution is -0.384. The molecular weight excluding hydrogens is 423 g/mol. The Labute approximate surface area is 153 Å². The topological polar surface area (TPSA) is 85.0 Å². The fourth-order valence-corrected chi connectivity index (χ4v) is 3.02. The summed E-state index contributed by atoms with van der Waals surface area (Å²) in [6.45, 7) is 4.02. The van der Waals surface area contributed by atoms with Gasteiger partial charge >= 0.3 is 0 Å². The van der Waals surface area contributed by atoms with Gasteiger partial charge in [0.05, 0.1) is 10.6 Å². The van der Waals surface area contributed by atoms with Crippen molar-refractivity contribution in [2.24, 2.45) is 5.16 Å². The van der Waals surface area contributed by atoms with Crippen LogP contribution in [0.1, 0.15) is 30.0 Å². The molecular formula is C17H17IN2O4. The van der Waals surface area contributed by atoms with E-state index in [-0.39, 0.29) is 18.0 Å². The smallest absolute Gasteiger partial charge is 0.269 e. The van der Waals surface area contributed by atoms with Crippen LogP contribution in [0.25, 0.3) is 0 Å². The van der Waals surface area contributed by atoms with E-state index in [1.807, 2.05) is 19.9 Å². The van der Waals surface area contributed by atoms with Crippen molar-refractivity contribution in [3.8, 4) is 5.75 Å². The molecule has 0 heterocycles. The van der Waals surface area contributed by atoms with Crippen LogP contribution in [-0.4, -0.2) is 15.7 Å². The summed E-state index contributed by atoms with van der Waals surface area (Å²) in [6, 6.07) is 9.73. The Balaban J connectivity index is 2.11. The number of phenols is 1. The molecule has 2 rings (SSSR count). The first-order valence-corrected chi connectivity index (χ1v) is 8.42. The van der Waals surface area contributed by atoms with Crippen molar-refractivity contribution in [3.63, 3.8) is 0 Å². The van der Waals surface area contributed by atoms with Gasteiger partial charge in [0.2, 0.25) is 0 Å². The molecule has 0 saturated heterocycles. The van der Waals surface area contributed by atoms with Gasteiger partial charge in [-0.1, -0.05) is 12.1 Å². The third kappa shape index (κ3) is 4.44. The van der Waals surface area contributed by atoms with Crippen LogP contribution in [0.5, 0.6) is 5.75 Å². The highest BCUT2D eigenvalue weighted by atomic mass is 127. The van der Waals surface area contributed by atoms with E-state index >= 15 is 0 Å². The predicted molar refractivity (Wildman–Crippen MR) is 100 cm³/mol. The van der Waals surface area contributed by atoms with Gasteiger partial charge < -0.3 is 9.94 Å². The number of rotatable bonds is 6. The first kappa shape index (κ1) is 18.2. The predicted octanol–water partition coefficient (Wildman–Crippen LogP) is 4.54. The maximum Gasteiger partial charge on any atom is 0.269 e. The molecule has 7 heteroatoms. The van der Waals surface area contributed by atoms with Crippen LogP contribution in [0.2, 0.25) is 0 Å². The zero-order chi connectivity index (χ0) is 17.7. The van der Waals surface area contributed by atoms with E-state index in [1.54, 1.807) is 18.2 Å². The molecule has 0 aliphatic heterocycles. The molecule has 6 nitrogen and oxygen atoms in total. The van der Waals surface area contributed by atoms with Crippen molar-refractivity contribution in [2.75, 3.05) is 0 Å². The average Bonchev–Trinajstić information content (AvgIpc) is 2.56. The van der Waals surface area contributed by atoms with E-state index in [0.29, 0.717) is 6.42 Å². The summed E-state index contributed by atoms with van der Waals surface area (Å²) < 4.78 is 0.988. The molecule has 0 aliphatic carbocycles. The molecule has 0 aromatic heterocycles. The van der Waals surface area contributed by atoms with E-state index in [4.69, 9.17) is 4.84 Å². The molecule has 0 bridgehead atoms. The number of aryl methyl sites for hydroxylation is 1.